The molecule has 1 aromatic heterocycles. The molecule has 0 spiro atoms. The lowest BCUT2D eigenvalue weighted by Crippen LogP contribution is -2.42. The number of nitrogens with one attached hydrogen (secondary N) is 1. The lowest BCUT2D eigenvalue weighted by molar-refractivity contribution is -0.154. The van der Waals surface area contributed by atoms with E-state index < -0.39 is 41.8 Å². The zero-order valence-corrected chi connectivity index (χ0v) is 20.8. The van der Waals surface area contributed by atoms with E-state index in [0.717, 1.165) is 6.92 Å². The molecule has 3 atom stereocenters. The first kappa shape index (κ1) is 27.4. The smallest absolute Gasteiger partial charge is 0.328 e. The molecule has 0 saturated heterocycles. The number of rotatable bonds is 10. The molecule has 0 radical (unpaired) electrons. The Bertz CT molecular complexity index is 1220. The molecule has 196 valence electrons. The molecule has 0 saturated carbocycles. The van der Waals surface area contributed by atoms with Crippen LogP contribution in [0.15, 0.2) is 66.9 Å². The van der Waals surface area contributed by atoms with E-state index in [9.17, 15) is 23.5 Å². The molecule has 0 unspecified atom stereocenters. The molecular weight excluding hydrogens is 486 g/mol. The molecule has 8 nitrogen and oxygen atoms in total. The second-order valence-corrected chi connectivity index (χ2v) is 8.41. The van der Waals surface area contributed by atoms with Crippen LogP contribution in [-0.2, 0) is 15.5 Å². The van der Waals surface area contributed by atoms with Gasteiger partial charge in [0.25, 0.3) is 11.8 Å². The second kappa shape index (κ2) is 11.7. The van der Waals surface area contributed by atoms with Crippen LogP contribution in [0.1, 0.15) is 48.5 Å². The van der Waals surface area contributed by atoms with Crippen LogP contribution in [0.4, 0.5) is 8.78 Å². The highest BCUT2D eigenvalue weighted by molar-refractivity contribution is 5.97. The fourth-order valence-corrected chi connectivity index (χ4v) is 3.49. The summed E-state index contributed by atoms with van der Waals surface area (Å²) >= 11 is 0. The molecule has 0 aliphatic carbocycles. The quantitative estimate of drug-likeness (QED) is 0.375. The molecule has 1 amide bonds. The maximum Gasteiger partial charge on any atom is 0.328 e. The molecule has 0 aliphatic rings. The van der Waals surface area contributed by atoms with Gasteiger partial charge in [-0.3, -0.25) is 4.79 Å². The molecule has 3 aromatic rings. The third-order valence-electron chi connectivity index (χ3n) is 5.50. The van der Waals surface area contributed by atoms with Crippen LogP contribution < -0.4 is 14.8 Å². The predicted molar refractivity (Wildman–Crippen MR) is 131 cm³/mol. The van der Waals surface area contributed by atoms with E-state index in [1.807, 2.05) is 6.07 Å². The normalized spacial score (nSPS) is 13.7. The first-order valence-electron chi connectivity index (χ1n) is 11.4. The van der Waals surface area contributed by atoms with Gasteiger partial charge in [0.15, 0.2) is 23.3 Å². The minimum Gasteiger partial charge on any atom is -0.503 e. The molecule has 37 heavy (non-hydrogen) atoms. The van der Waals surface area contributed by atoms with Crippen molar-refractivity contribution >= 4 is 11.9 Å². The fourth-order valence-electron chi connectivity index (χ4n) is 3.49. The van der Waals surface area contributed by atoms with Crippen LogP contribution in [0.25, 0.3) is 0 Å². The zero-order valence-electron chi connectivity index (χ0n) is 20.8. The van der Waals surface area contributed by atoms with Gasteiger partial charge in [-0.25, -0.2) is 18.6 Å². The van der Waals surface area contributed by atoms with E-state index >= 15 is 0 Å². The van der Waals surface area contributed by atoms with Crippen molar-refractivity contribution in [2.45, 2.75) is 44.9 Å². The monoisotopic (exact) mass is 514 g/mol. The number of ether oxygens (including phenoxy) is 3. The molecule has 10 heteroatoms. The second-order valence-electron chi connectivity index (χ2n) is 8.41. The van der Waals surface area contributed by atoms with Crippen molar-refractivity contribution in [2.24, 2.45) is 0 Å². The fraction of sp³-hybridized carbons (Fsp3) is 0.296. The van der Waals surface area contributed by atoms with Gasteiger partial charge < -0.3 is 24.6 Å². The van der Waals surface area contributed by atoms with Gasteiger partial charge in [0, 0.05) is 24.8 Å². The number of amides is 1. The van der Waals surface area contributed by atoms with Crippen molar-refractivity contribution in [3.8, 4) is 17.2 Å². The lowest BCUT2D eigenvalue weighted by Gasteiger charge is -2.27. The highest BCUT2D eigenvalue weighted by Crippen LogP contribution is 2.31. The van der Waals surface area contributed by atoms with Gasteiger partial charge in [-0.15, -0.1) is 0 Å². The summed E-state index contributed by atoms with van der Waals surface area (Å²) < 4.78 is 43.7. The standard InChI is InChI=1S/C27H28F2N2O6/c1-16(31-25(33)22-23(32)21(35-4)14-15-30-22)26(34)36-17(2)24(18-8-6-5-7-9-18)37-20-12-10-19(11-13-20)27(3,28)29/h5-17,24,32H,1-4H3,(H,31,33)/t16-,17-,24-/m0/s1. The van der Waals surface area contributed by atoms with Crippen molar-refractivity contribution in [3.05, 3.63) is 83.7 Å². The number of carbonyl (C=O) groups is 2. The summed E-state index contributed by atoms with van der Waals surface area (Å²) in [6, 6.07) is 14.6. The predicted octanol–water partition coefficient (Wildman–Crippen LogP) is 4.78. The van der Waals surface area contributed by atoms with Crippen LogP contribution in [0, 0.1) is 0 Å². The molecule has 0 bridgehead atoms. The number of nitrogens with zero attached hydrogens (tertiary/aromatic N) is 1. The first-order chi connectivity index (χ1) is 17.5. The number of hydrogen-bond donors (Lipinski definition) is 2. The van der Waals surface area contributed by atoms with E-state index in [2.05, 4.69) is 10.3 Å². The van der Waals surface area contributed by atoms with Gasteiger partial charge in [0.2, 0.25) is 0 Å². The molecule has 1 heterocycles. The summed E-state index contributed by atoms with van der Waals surface area (Å²) in [7, 11) is 1.33. The van der Waals surface area contributed by atoms with Crippen LogP contribution in [-0.4, -0.2) is 41.2 Å². The molecule has 0 fully saturated rings. The van der Waals surface area contributed by atoms with Gasteiger partial charge in [-0.1, -0.05) is 30.3 Å². The number of hydrogen-bond acceptors (Lipinski definition) is 7. The highest BCUT2D eigenvalue weighted by atomic mass is 19.3. The Hall–Kier alpha value is -4.21. The third kappa shape index (κ3) is 6.93. The minimum absolute atomic E-state index is 0.0579. The number of aromatic nitrogens is 1. The van der Waals surface area contributed by atoms with E-state index in [1.54, 1.807) is 31.2 Å². The number of aromatic hydroxyl groups is 1. The Kier molecular flexibility index (Phi) is 8.65. The Balaban J connectivity index is 1.72. The largest absolute Gasteiger partial charge is 0.503 e. The van der Waals surface area contributed by atoms with Gasteiger partial charge in [0.05, 0.1) is 7.11 Å². The minimum atomic E-state index is -2.99. The van der Waals surface area contributed by atoms with Crippen molar-refractivity contribution in [1.82, 2.24) is 10.3 Å². The van der Waals surface area contributed by atoms with Crippen molar-refractivity contribution in [3.63, 3.8) is 0 Å². The number of carbonyl (C=O) groups excluding carboxylic acids is 2. The zero-order chi connectivity index (χ0) is 27.2. The molecule has 2 aromatic carbocycles. The summed E-state index contributed by atoms with van der Waals surface area (Å²) in [5.41, 5.74) is 0.227. The van der Waals surface area contributed by atoms with Crippen molar-refractivity contribution in [2.75, 3.05) is 7.11 Å². The number of benzene rings is 2. The van der Waals surface area contributed by atoms with E-state index in [1.165, 1.54) is 50.6 Å². The van der Waals surface area contributed by atoms with Gasteiger partial charge >= 0.3 is 5.97 Å². The van der Waals surface area contributed by atoms with E-state index in [0.29, 0.717) is 11.3 Å². The average molecular weight is 515 g/mol. The maximum absolute atomic E-state index is 13.6. The van der Waals surface area contributed by atoms with E-state index in [-0.39, 0.29) is 17.0 Å². The molecule has 2 N–H and O–H groups in total. The molecular formula is C27H28F2N2O6. The summed E-state index contributed by atoms with van der Waals surface area (Å²) in [6.07, 6.45) is -0.316. The topological polar surface area (TPSA) is 107 Å². The number of alkyl halides is 2. The Morgan fingerprint density at radius 3 is 2.27 bits per heavy atom. The van der Waals surface area contributed by atoms with Gasteiger partial charge in [-0.05, 0) is 43.7 Å². The van der Waals surface area contributed by atoms with Crippen LogP contribution in [0.3, 0.4) is 0 Å². The summed E-state index contributed by atoms with van der Waals surface area (Å²) in [5, 5.41) is 12.6. The molecule has 0 aliphatic heterocycles. The Labute approximate surface area is 213 Å². The number of esters is 1. The molecule has 3 rings (SSSR count). The number of pyridine rings is 1. The highest BCUT2D eigenvalue weighted by Gasteiger charge is 2.29. The van der Waals surface area contributed by atoms with Crippen molar-refractivity contribution in [1.29, 1.82) is 0 Å². The maximum atomic E-state index is 13.6. The number of halogens is 2. The van der Waals surface area contributed by atoms with Crippen LogP contribution >= 0.6 is 0 Å². The Morgan fingerprint density at radius 1 is 1.03 bits per heavy atom. The lowest BCUT2D eigenvalue weighted by atomic mass is 10.0. The summed E-state index contributed by atoms with van der Waals surface area (Å²) in [5.74, 6) is -4.63. The summed E-state index contributed by atoms with van der Waals surface area (Å²) in [4.78, 5) is 29.2. The van der Waals surface area contributed by atoms with Crippen LogP contribution in [0.2, 0.25) is 0 Å². The Morgan fingerprint density at radius 2 is 1.68 bits per heavy atom. The van der Waals surface area contributed by atoms with Crippen molar-refractivity contribution < 1.29 is 37.7 Å². The third-order valence-corrected chi connectivity index (χ3v) is 5.50. The van der Waals surface area contributed by atoms with Crippen LogP contribution in [0.5, 0.6) is 17.2 Å². The summed E-state index contributed by atoms with van der Waals surface area (Å²) in [6.45, 7) is 3.85. The average Bonchev–Trinajstić information content (AvgIpc) is 2.87. The van der Waals surface area contributed by atoms with Gasteiger partial charge in [0.1, 0.15) is 17.9 Å². The first-order valence-corrected chi connectivity index (χ1v) is 11.4. The number of methoxy groups -OCH3 is 1. The SMILES string of the molecule is COc1ccnc(C(=O)N[C@@H](C)C(=O)O[C@@H](C)[C@H](Oc2ccc(C(C)(F)F)cc2)c2ccccc2)c1O. The van der Waals surface area contributed by atoms with Gasteiger partial charge in [-0.2, -0.15) is 0 Å². The van der Waals surface area contributed by atoms with E-state index in [4.69, 9.17) is 14.2 Å².